The fourth-order valence-electron chi connectivity index (χ4n) is 2.30. The Morgan fingerprint density at radius 1 is 1.40 bits per heavy atom. The molecule has 1 aromatic carbocycles. The molecule has 0 fully saturated rings. The van der Waals surface area contributed by atoms with E-state index in [1.807, 2.05) is 37.7 Å². The average Bonchev–Trinajstić information content (AvgIpc) is 2.66. The molecule has 0 amide bonds. The molecule has 0 aliphatic carbocycles. The maximum absolute atomic E-state index is 6.33. The topological polar surface area (TPSA) is 53.1 Å². The zero-order chi connectivity index (χ0) is 14.9. The van der Waals surface area contributed by atoms with E-state index in [1.54, 1.807) is 7.11 Å². The Bertz CT molecular complexity index is 622. The Morgan fingerprint density at radius 3 is 2.65 bits per heavy atom. The molecule has 0 bridgehead atoms. The number of methoxy groups -OCH3 is 1. The second kappa shape index (κ2) is 5.97. The number of benzene rings is 1. The van der Waals surface area contributed by atoms with E-state index in [0.29, 0.717) is 0 Å². The van der Waals surface area contributed by atoms with Gasteiger partial charge in [-0.15, -0.1) is 0 Å². The van der Waals surface area contributed by atoms with Crippen LogP contribution in [0.3, 0.4) is 0 Å². The Morgan fingerprint density at radius 2 is 2.10 bits per heavy atom. The van der Waals surface area contributed by atoms with E-state index in [0.717, 1.165) is 39.2 Å². The van der Waals surface area contributed by atoms with E-state index in [-0.39, 0.29) is 6.04 Å². The van der Waals surface area contributed by atoms with E-state index in [1.165, 1.54) is 0 Å². The standard InChI is InChI=1S/C15H20BrN3O/c1-9-5-6-11(7-14(9)20-4)12(17)8-13-15(16)10(2)18-19(13)3/h5-7,12H,8,17H2,1-4H3. The number of nitrogens with zero attached hydrogens (tertiary/aromatic N) is 2. The molecule has 4 nitrogen and oxygen atoms in total. The largest absolute Gasteiger partial charge is 0.496 e. The zero-order valence-corrected chi connectivity index (χ0v) is 13.9. The highest BCUT2D eigenvalue weighted by molar-refractivity contribution is 9.10. The smallest absolute Gasteiger partial charge is 0.122 e. The highest BCUT2D eigenvalue weighted by Gasteiger charge is 2.16. The molecule has 0 aliphatic rings. The van der Waals surface area contributed by atoms with Crippen LogP contribution in [0.5, 0.6) is 5.75 Å². The van der Waals surface area contributed by atoms with Gasteiger partial charge in [-0.2, -0.15) is 5.10 Å². The summed E-state index contributed by atoms with van der Waals surface area (Å²) in [5.41, 5.74) is 10.6. The van der Waals surface area contributed by atoms with Gasteiger partial charge in [0.05, 0.1) is 23.0 Å². The summed E-state index contributed by atoms with van der Waals surface area (Å²) in [5.74, 6) is 0.873. The van der Waals surface area contributed by atoms with E-state index in [4.69, 9.17) is 10.5 Å². The van der Waals surface area contributed by atoms with Crippen LogP contribution < -0.4 is 10.5 Å². The molecule has 2 N–H and O–H groups in total. The van der Waals surface area contributed by atoms with Crippen LogP contribution in [0.2, 0.25) is 0 Å². The molecule has 2 aromatic rings. The van der Waals surface area contributed by atoms with Crippen LogP contribution >= 0.6 is 15.9 Å². The van der Waals surface area contributed by atoms with Crippen LogP contribution in [0.15, 0.2) is 22.7 Å². The molecular formula is C15H20BrN3O. The molecule has 0 spiro atoms. The first-order valence-corrected chi connectivity index (χ1v) is 7.31. The maximum atomic E-state index is 6.33. The van der Waals surface area contributed by atoms with Crippen LogP contribution in [0, 0.1) is 13.8 Å². The number of ether oxygens (including phenoxy) is 1. The van der Waals surface area contributed by atoms with Gasteiger partial charge in [0, 0.05) is 19.5 Å². The summed E-state index contributed by atoms with van der Waals surface area (Å²) in [6, 6.07) is 6.02. The fraction of sp³-hybridized carbons (Fsp3) is 0.400. The molecule has 1 atom stereocenters. The van der Waals surface area contributed by atoms with Gasteiger partial charge in [0.1, 0.15) is 5.75 Å². The summed E-state index contributed by atoms with van der Waals surface area (Å²) in [4.78, 5) is 0. The third-order valence-electron chi connectivity index (χ3n) is 3.54. The zero-order valence-electron chi connectivity index (χ0n) is 12.3. The second-order valence-electron chi connectivity index (χ2n) is 5.01. The van der Waals surface area contributed by atoms with Crippen molar-refractivity contribution in [3.05, 3.63) is 45.2 Å². The van der Waals surface area contributed by atoms with Crippen molar-refractivity contribution < 1.29 is 4.74 Å². The van der Waals surface area contributed by atoms with E-state index in [2.05, 4.69) is 27.1 Å². The van der Waals surface area contributed by atoms with Gasteiger partial charge in [-0.3, -0.25) is 4.68 Å². The Labute approximate surface area is 128 Å². The Hall–Kier alpha value is -1.33. The predicted octanol–water partition coefficient (Wildman–Crippen LogP) is 3.05. The SMILES string of the molecule is COc1cc(C(N)Cc2c(Br)c(C)nn2C)ccc1C. The number of hydrogen-bond acceptors (Lipinski definition) is 3. The molecule has 20 heavy (non-hydrogen) atoms. The number of hydrogen-bond donors (Lipinski definition) is 1. The molecule has 5 heteroatoms. The molecular weight excluding hydrogens is 318 g/mol. The lowest BCUT2D eigenvalue weighted by molar-refractivity contribution is 0.410. The summed E-state index contributed by atoms with van der Waals surface area (Å²) in [6.07, 6.45) is 0.726. The number of rotatable bonds is 4. The molecule has 1 heterocycles. The van der Waals surface area contributed by atoms with Crippen LogP contribution in [-0.2, 0) is 13.5 Å². The highest BCUT2D eigenvalue weighted by atomic mass is 79.9. The summed E-state index contributed by atoms with van der Waals surface area (Å²) in [5, 5.41) is 4.39. The fourth-order valence-corrected chi connectivity index (χ4v) is 2.79. The van der Waals surface area contributed by atoms with Crippen molar-refractivity contribution in [2.24, 2.45) is 12.8 Å². The normalized spacial score (nSPS) is 12.5. The minimum absolute atomic E-state index is 0.0874. The first-order valence-electron chi connectivity index (χ1n) is 6.52. The number of halogens is 1. The van der Waals surface area contributed by atoms with Gasteiger partial charge in [-0.05, 0) is 47.0 Å². The van der Waals surface area contributed by atoms with Gasteiger partial charge < -0.3 is 10.5 Å². The second-order valence-corrected chi connectivity index (χ2v) is 5.80. The molecule has 1 unspecified atom stereocenters. The van der Waals surface area contributed by atoms with Gasteiger partial charge in [-0.25, -0.2) is 0 Å². The molecule has 0 saturated heterocycles. The lowest BCUT2D eigenvalue weighted by Gasteiger charge is -2.15. The average molecular weight is 338 g/mol. The van der Waals surface area contributed by atoms with Gasteiger partial charge in [0.25, 0.3) is 0 Å². The maximum Gasteiger partial charge on any atom is 0.122 e. The number of aryl methyl sites for hydroxylation is 3. The van der Waals surface area contributed by atoms with Crippen molar-refractivity contribution in [2.75, 3.05) is 7.11 Å². The molecule has 1 aromatic heterocycles. The van der Waals surface area contributed by atoms with Crippen LogP contribution in [-0.4, -0.2) is 16.9 Å². The first-order chi connectivity index (χ1) is 9.43. The van der Waals surface area contributed by atoms with Crippen molar-refractivity contribution in [2.45, 2.75) is 26.3 Å². The third kappa shape index (κ3) is 2.88. The van der Waals surface area contributed by atoms with E-state index >= 15 is 0 Å². The quantitative estimate of drug-likeness (QED) is 0.932. The van der Waals surface area contributed by atoms with Crippen molar-refractivity contribution in [1.82, 2.24) is 9.78 Å². The van der Waals surface area contributed by atoms with Gasteiger partial charge >= 0.3 is 0 Å². The minimum atomic E-state index is -0.0874. The van der Waals surface area contributed by atoms with E-state index in [9.17, 15) is 0 Å². The summed E-state index contributed by atoms with van der Waals surface area (Å²) >= 11 is 3.58. The number of aromatic nitrogens is 2. The van der Waals surface area contributed by atoms with Crippen molar-refractivity contribution in [1.29, 1.82) is 0 Å². The minimum Gasteiger partial charge on any atom is -0.496 e. The van der Waals surface area contributed by atoms with E-state index < -0.39 is 0 Å². The van der Waals surface area contributed by atoms with Crippen molar-refractivity contribution in [3.8, 4) is 5.75 Å². The Kier molecular flexibility index (Phi) is 4.50. The summed E-state index contributed by atoms with van der Waals surface area (Å²) < 4.78 is 8.27. The number of nitrogens with two attached hydrogens (primary N) is 1. The third-order valence-corrected chi connectivity index (χ3v) is 4.57. The van der Waals surface area contributed by atoms with Crippen LogP contribution in [0.1, 0.15) is 28.6 Å². The highest BCUT2D eigenvalue weighted by Crippen LogP contribution is 2.27. The van der Waals surface area contributed by atoms with Crippen LogP contribution in [0.4, 0.5) is 0 Å². The summed E-state index contributed by atoms with van der Waals surface area (Å²) in [7, 11) is 3.62. The van der Waals surface area contributed by atoms with Crippen molar-refractivity contribution in [3.63, 3.8) is 0 Å². The molecule has 0 aliphatic heterocycles. The van der Waals surface area contributed by atoms with Crippen molar-refractivity contribution >= 4 is 15.9 Å². The monoisotopic (exact) mass is 337 g/mol. The van der Waals surface area contributed by atoms with Gasteiger partial charge in [0.2, 0.25) is 0 Å². The van der Waals surface area contributed by atoms with Gasteiger partial charge in [-0.1, -0.05) is 12.1 Å². The summed E-state index contributed by atoms with van der Waals surface area (Å²) in [6.45, 7) is 4.00. The van der Waals surface area contributed by atoms with Gasteiger partial charge in [0.15, 0.2) is 0 Å². The Balaban J connectivity index is 2.26. The van der Waals surface area contributed by atoms with Crippen LogP contribution in [0.25, 0.3) is 0 Å². The first kappa shape index (κ1) is 15.1. The molecule has 2 rings (SSSR count). The predicted molar refractivity (Wildman–Crippen MR) is 84.0 cm³/mol. The molecule has 0 radical (unpaired) electrons. The molecule has 0 saturated carbocycles. The molecule has 108 valence electrons. The lowest BCUT2D eigenvalue weighted by Crippen LogP contribution is -2.16. The lowest BCUT2D eigenvalue weighted by atomic mass is 10.0.